The molecule has 1 N–H and O–H groups in total. The van der Waals surface area contributed by atoms with Crippen molar-refractivity contribution in [3.8, 4) is 0 Å². The molecule has 3 aromatic rings. The largest absolute Gasteiger partial charge is 0.365 e. The number of rotatable bonds is 6. The zero-order valence-corrected chi connectivity index (χ0v) is 19.2. The molecule has 170 valence electrons. The van der Waals surface area contributed by atoms with E-state index in [1.807, 2.05) is 42.9 Å². The molecule has 0 spiro atoms. The molecule has 0 saturated carbocycles. The minimum Gasteiger partial charge on any atom is -0.365 e. The van der Waals surface area contributed by atoms with Crippen molar-refractivity contribution in [1.29, 1.82) is 0 Å². The van der Waals surface area contributed by atoms with Crippen molar-refractivity contribution in [3.05, 3.63) is 47.7 Å². The van der Waals surface area contributed by atoms with Crippen LogP contribution in [0.5, 0.6) is 0 Å². The van der Waals surface area contributed by atoms with Gasteiger partial charge in [0.05, 0.1) is 13.2 Å². The molecule has 1 unspecified atom stereocenters. The average Bonchev–Trinajstić information content (AvgIpc) is 3.30. The molecule has 1 aliphatic heterocycles. The number of amides is 2. The summed E-state index contributed by atoms with van der Waals surface area (Å²) in [7, 11) is 2.04. The first-order valence-corrected chi connectivity index (χ1v) is 11.1. The topological polar surface area (TPSA) is 81.4 Å². The number of ether oxygens (including phenoxy) is 1. The van der Waals surface area contributed by atoms with Crippen LogP contribution in [-0.2, 0) is 27.9 Å². The van der Waals surface area contributed by atoms with Gasteiger partial charge in [-0.3, -0.25) is 9.59 Å². The predicted octanol–water partition coefficient (Wildman–Crippen LogP) is 2.95. The van der Waals surface area contributed by atoms with Gasteiger partial charge >= 0.3 is 0 Å². The van der Waals surface area contributed by atoms with Crippen LogP contribution in [0.1, 0.15) is 29.9 Å². The van der Waals surface area contributed by atoms with Crippen LogP contribution in [0.3, 0.4) is 0 Å². The highest BCUT2D eigenvalue weighted by molar-refractivity contribution is 5.97. The lowest BCUT2D eigenvalue weighted by atomic mass is 10.1. The first-order chi connectivity index (χ1) is 15.3. The van der Waals surface area contributed by atoms with Gasteiger partial charge in [0.25, 0.3) is 5.91 Å². The third-order valence-electron chi connectivity index (χ3n) is 6.50. The molecule has 1 aromatic carbocycles. The maximum atomic E-state index is 12.8. The molecule has 0 aliphatic carbocycles. The molecule has 2 amide bonds. The minimum atomic E-state index is -0.669. The molecule has 0 radical (unpaired) electrons. The number of hydrogen-bond donors (Lipinski definition) is 1. The Morgan fingerprint density at radius 2 is 2.06 bits per heavy atom. The fourth-order valence-corrected chi connectivity index (χ4v) is 4.29. The van der Waals surface area contributed by atoms with E-state index in [1.165, 1.54) is 11.3 Å². The molecular weight excluding hydrogens is 406 g/mol. The Bertz CT molecular complexity index is 1150. The maximum Gasteiger partial charge on any atom is 0.255 e. The van der Waals surface area contributed by atoms with E-state index >= 15 is 0 Å². The Morgan fingerprint density at radius 1 is 1.25 bits per heavy atom. The van der Waals surface area contributed by atoms with E-state index in [1.54, 1.807) is 11.1 Å². The summed E-state index contributed by atoms with van der Waals surface area (Å²) in [5.74, 6) is 0.779. The van der Waals surface area contributed by atoms with Gasteiger partial charge in [0.15, 0.2) is 6.10 Å². The van der Waals surface area contributed by atoms with Gasteiger partial charge < -0.3 is 24.1 Å². The van der Waals surface area contributed by atoms with Gasteiger partial charge in [-0.05, 0) is 51.0 Å². The van der Waals surface area contributed by atoms with Gasteiger partial charge in [-0.1, -0.05) is 0 Å². The Kier molecular flexibility index (Phi) is 6.32. The van der Waals surface area contributed by atoms with Crippen molar-refractivity contribution in [2.75, 3.05) is 25.0 Å². The van der Waals surface area contributed by atoms with Gasteiger partial charge in [-0.15, -0.1) is 0 Å². The molecule has 3 heterocycles. The molecule has 1 saturated heterocycles. The summed E-state index contributed by atoms with van der Waals surface area (Å²) in [6, 6.07) is 5.92. The molecule has 8 nitrogen and oxygen atoms in total. The van der Waals surface area contributed by atoms with Crippen molar-refractivity contribution in [1.82, 2.24) is 19.0 Å². The number of anilines is 1. The lowest BCUT2D eigenvalue weighted by Gasteiger charge is -2.32. The number of aryl methyl sites for hydroxylation is 4. The molecule has 1 atom stereocenters. The fraction of sp³-hybridized carbons (Fsp3) is 0.458. The second-order valence-corrected chi connectivity index (χ2v) is 8.46. The number of fused-ring (bicyclic) bond motifs is 1. The van der Waals surface area contributed by atoms with Gasteiger partial charge in [0.1, 0.15) is 5.82 Å². The quantitative estimate of drug-likeness (QED) is 0.643. The predicted molar refractivity (Wildman–Crippen MR) is 124 cm³/mol. The average molecular weight is 438 g/mol. The Balaban J connectivity index is 1.34. The smallest absolute Gasteiger partial charge is 0.255 e. The van der Waals surface area contributed by atoms with Crippen LogP contribution < -0.4 is 5.32 Å². The van der Waals surface area contributed by atoms with Crippen LogP contribution >= 0.6 is 0 Å². The van der Waals surface area contributed by atoms with Crippen LogP contribution in [0.2, 0.25) is 0 Å². The van der Waals surface area contributed by atoms with E-state index in [0.29, 0.717) is 19.6 Å². The number of hydrogen-bond acceptors (Lipinski definition) is 4. The number of carbonyl (C=O) groups is 2. The number of imidazole rings is 1. The number of nitrogens with zero attached hydrogens (tertiary/aromatic N) is 4. The van der Waals surface area contributed by atoms with E-state index in [0.717, 1.165) is 35.4 Å². The second-order valence-electron chi connectivity index (χ2n) is 8.46. The normalized spacial score (nSPS) is 16.5. The van der Waals surface area contributed by atoms with Crippen LogP contribution in [0.4, 0.5) is 5.69 Å². The van der Waals surface area contributed by atoms with Gasteiger partial charge in [-0.2, -0.15) is 0 Å². The summed E-state index contributed by atoms with van der Waals surface area (Å²) < 4.78 is 9.87. The summed E-state index contributed by atoms with van der Waals surface area (Å²) in [6.07, 6.45) is 4.19. The van der Waals surface area contributed by atoms with Gasteiger partial charge in [0, 0.05) is 61.2 Å². The SMILES string of the molecule is Cc1c(C)n(C)c2ccc(NC(=O)C3CN(C(=O)CCCn4ccnc4C)CCO3)cc12. The first kappa shape index (κ1) is 22.1. The summed E-state index contributed by atoms with van der Waals surface area (Å²) in [4.78, 5) is 31.5. The van der Waals surface area contributed by atoms with Crippen molar-refractivity contribution < 1.29 is 14.3 Å². The molecule has 0 bridgehead atoms. The molecule has 4 rings (SSSR count). The van der Waals surface area contributed by atoms with E-state index in [2.05, 4.69) is 28.7 Å². The minimum absolute atomic E-state index is 0.0562. The highest BCUT2D eigenvalue weighted by atomic mass is 16.5. The van der Waals surface area contributed by atoms with E-state index in [9.17, 15) is 9.59 Å². The van der Waals surface area contributed by atoms with Crippen molar-refractivity contribution >= 4 is 28.4 Å². The zero-order chi connectivity index (χ0) is 22.8. The Hall–Kier alpha value is -3.13. The summed E-state index contributed by atoms with van der Waals surface area (Å²) in [6.45, 7) is 8.04. The van der Waals surface area contributed by atoms with Crippen LogP contribution in [0, 0.1) is 20.8 Å². The summed E-state index contributed by atoms with van der Waals surface area (Å²) in [5, 5.41) is 4.09. The number of morpholine rings is 1. The van der Waals surface area contributed by atoms with Gasteiger partial charge in [-0.25, -0.2) is 4.98 Å². The monoisotopic (exact) mass is 437 g/mol. The lowest BCUT2D eigenvalue weighted by Crippen LogP contribution is -2.50. The summed E-state index contributed by atoms with van der Waals surface area (Å²) >= 11 is 0. The van der Waals surface area contributed by atoms with Gasteiger partial charge in [0.2, 0.25) is 5.91 Å². The zero-order valence-electron chi connectivity index (χ0n) is 19.2. The number of aromatic nitrogens is 3. The Morgan fingerprint density at radius 3 is 2.81 bits per heavy atom. The third kappa shape index (κ3) is 4.41. The molecule has 2 aromatic heterocycles. The van der Waals surface area contributed by atoms with E-state index < -0.39 is 6.10 Å². The first-order valence-electron chi connectivity index (χ1n) is 11.1. The van der Waals surface area contributed by atoms with Crippen molar-refractivity contribution in [2.45, 2.75) is 46.3 Å². The molecule has 1 aliphatic rings. The van der Waals surface area contributed by atoms with Crippen molar-refractivity contribution in [2.24, 2.45) is 7.05 Å². The standard InChI is InChI=1S/C24H31N5O3/c1-16-17(2)27(4)21-8-7-19(14-20(16)21)26-24(31)22-15-29(12-13-32-22)23(30)6-5-10-28-11-9-25-18(28)3/h7-9,11,14,22H,5-6,10,12-13,15H2,1-4H3,(H,26,31). The van der Waals surface area contributed by atoms with Crippen LogP contribution in [-0.4, -0.2) is 56.6 Å². The second kappa shape index (κ2) is 9.16. The van der Waals surface area contributed by atoms with E-state index in [-0.39, 0.29) is 18.4 Å². The lowest BCUT2D eigenvalue weighted by molar-refractivity contribution is -0.144. The number of carbonyl (C=O) groups excluding carboxylic acids is 2. The molecular formula is C24H31N5O3. The molecule has 32 heavy (non-hydrogen) atoms. The van der Waals surface area contributed by atoms with Crippen molar-refractivity contribution in [3.63, 3.8) is 0 Å². The highest BCUT2D eigenvalue weighted by Gasteiger charge is 2.29. The van der Waals surface area contributed by atoms with E-state index in [4.69, 9.17) is 4.74 Å². The highest BCUT2D eigenvalue weighted by Crippen LogP contribution is 2.27. The Labute approximate surface area is 188 Å². The number of nitrogens with one attached hydrogen (secondary N) is 1. The van der Waals surface area contributed by atoms with Crippen LogP contribution in [0.15, 0.2) is 30.6 Å². The third-order valence-corrected chi connectivity index (χ3v) is 6.50. The summed E-state index contributed by atoms with van der Waals surface area (Å²) in [5.41, 5.74) is 4.28. The number of benzene rings is 1. The maximum absolute atomic E-state index is 12.8. The molecule has 8 heteroatoms. The molecule has 1 fully saturated rings. The fourth-order valence-electron chi connectivity index (χ4n) is 4.29. The van der Waals surface area contributed by atoms with Crippen LogP contribution in [0.25, 0.3) is 10.9 Å².